The van der Waals surface area contributed by atoms with Gasteiger partial charge in [-0.1, -0.05) is 12.8 Å². The van der Waals surface area contributed by atoms with E-state index in [-0.39, 0.29) is 5.41 Å². The Bertz CT molecular complexity index is 476. The van der Waals surface area contributed by atoms with Crippen molar-refractivity contribution in [3.63, 3.8) is 0 Å². The molecule has 1 aromatic rings. The third-order valence-electron chi connectivity index (χ3n) is 4.69. The Labute approximate surface area is 133 Å². The zero-order valence-electron chi connectivity index (χ0n) is 13.8. The molecular weight excluding hydrogens is 276 g/mol. The lowest BCUT2D eigenvalue weighted by Gasteiger charge is -2.32. The van der Waals surface area contributed by atoms with E-state index in [2.05, 4.69) is 11.0 Å². The van der Waals surface area contributed by atoms with E-state index in [0.29, 0.717) is 18.2 Å². The molecule has 4 heteroatoms. The lowest BCUT2D eigenvalue weighted by Crippen LogP contribution is -2.38. The van der Waals surface area contributed by atoms with E-state index in [0.717, 1.165) is 25.9 Å². The minimum atomic E-state index is -0.537. The smallest absolute Gasteiger partial charge is 0.132 e. The molecule has 2 heterocycles. The Hall–Kier alpha value is -1.31. The average molecular weight is 304 g/mol. The number of hydrogen-bond acceptors (Lipinski definition) is 4. The third-order valence-corrected chi connectivity index (χ3v) is 4.69. The Kier molecular flexibility index (Phi) is 6.05. The van der Waals surface area contributed by atoms with E-state index < -0.39 is 6.10 Å². The highest BCUT2D eigenvalue weighted by molar-refractivity contribution is 5.02. The lowest BCUT2D eigenvalue weighted by molar-refractivity contribution is 0.0825. The maximum absolute atomic E-state index is 10.4. The summed E-state index contributed by atoms with van der Waals surface area (Å²) in [6, 6.07) is 6.41. The molecule has 1 saturated heterocycles. The highest BCUT2D eigenvalue weighted by Gasteiger charge is 2.27. The average Bonchev–Trinajstić information content (AvgIpc) is 2.95. The van der Waals surface area contributed by atoms with Crippen LogP contribution in [-0.2, 0) is 0 Å². The maximum Gasteiger partial charge on any atom is 0.132 e. The maximum atomic E-state index is 10.4. The number of hydrogen-bond donors (Lipinski definition) is 1. The number of nitrogens with zero attached hydrogens (tertiary/aromatic N) is 2. The Morgan fingerprint density at radius 1 is 1.45 bits per heavy atom. The van der Waals surface area contributed by atoms with Crippen molar-refractivity contribution in [3.8, 4) is 6.07 Å². The number of furan rings is 1. The topological polar surface area (TPSA) is 60.4 Å². The van der Waals surface area contributed by atoms with Crippen LogP contribution in [0.1, 0.15) is 64.2 Å². The summed E-state index contributed by atoms with van der Waals surface area (Å²) in [5.74, 6) is 0.654. The van der Waals surface area contributed by atoms with Crippen LogP contribution >= 0.6 is 0 Å². The second-order valence-corrected chi connectivity index (χ2v) is 7.05. The lowest BCUT2D eigenvalue weighted by atomic mass is 9.90. The first-order valence-corrected chi connectivity index (χ1v) is 8.38. The van der Waals surface area contributed by atoms with Gasteiger partial charge in [0.25, 0.3) is 0 Å². The van der Waals surface area contributed by atoms with Gasteiger partial charge in [-0.15, -0.1) is 0 Å². The number of rotatable bonds is 6. The third kappa shape index (κ3) is 4.86. The van der Waals surface area contributed by atoms with E-state index in [1.165, 1.54) is 19.3 Å². The molecule has 0 saturated carbocycles. The summed E-state index contributed by atoms with van der Waals surface area (Å²) < 4.78 is 5.32. The van der Waals surface area contributed by atoms with Crippen LogP contribution in [0.3, 0.4) is 0 Å². The van der Waals surface area contributed by atoms with E-state index in [1.807, 2.05) is 26.0 Å². The number of likely N-dealkylation sites (tertiary alicyclic amines) is 1. The molecule has 4 nitrogen and oxygen atoms in total. The van der Waals surface area contributed by atoms with Gasteiger partial charge in [-0.25, -0.2) is 0 Å². The molecule has 0 radical (unpaired) electrons. The van der Waals surface area contributed by atoms with Crippen LogP contribution in [-0.4, -0.2) is 29.1 Å². The molecule has 0 spiro atoms. The van der Waals surface area contributed by atoms with Crippen LogP contribution in [0.25, 0.3) is 0 Å². The molecule has 0 aromatic carbocycles. The summed E-state index contributed by atoms with van der Waals surface area (Å²) in [5.41, 5.74) is -0.281. The molecule has 1 N–H and O–H groups in total. The highest BCUT2D eigenvalue weighted by atomic mass is 16.4. The molecule has 1 fully saturated rings. The van der Waals surface area contributed by atoms with Gasteiger partial charge in [-0.05, 0) is 64.8 Å². The predicted molar refractivity (Wildman–Crippen MR) is 86.1 cm³/mol. The zero-order chi connectivity index (χ0) is 16.0. The van der Waals surface area contributed by atoms with Gasteiger partial charge in [0.1, 0.15) is 11.9 Å². The molecule has 1 aromatic heterocycles. The van der Waals surface area contributed by atoms with Crippen molar-refractivity contribution >= 4 is 0 Å². The van der Waals surface area contributed by atoms with Crippen molar-refractivity contribution < 1.29 is 9.52 Å². The summed E-state index contributed by atoms with van der Waals surface area (Å²) >= 11 is 0. The fraction of sp³-hybridized carbons (Fsp3) is 0.722. The minimum Gasteiger partial charge on any atom is -0.467 e. The second kappa shape index (κ2) is 7.80. The molecule has 0 bridgehead atoms. The summed E-state index contributed by atoms with van der Waals surface area (Å²) in [6.45, 7) is 5.99. The van der Waals surface area contributed by atoms with Crippen LogP contribution in [0.5, 0.6) is 0 Å². The SMILES string of the molecule is CC(C)(C#N)CCN1CCCCCC1CC(O)c1ccco1. The summed E-state index contributed by atoms with van der Waals surface area (Å²) in [6.07, 6.45) is 7.45. The van der Waals surface area contributed by atoms with Crippen LogP contribution < -0.4 is 0 Å². The van der Waals surface area contributed by atoms with Crippen LogP contribution in [0, 0.1) is 16.7 Å². The quantitative estimate of drug-likeness (QED) is 0.866. The monoisotopic (exact) mass is 304 g/mol. The van der Waals surface area contributed by atoms with E-state index in [1.54, 1.807) is 6.26 Å². The van der Waals surface area contributed by atoms with Crippen molar-refractivity contribution in [2.75, 3.05) is 13.1 Å². The molecule has 1 aliphatic heterocycles. The van der Waals surface area contributed by atoms with Crippen LogP contribution in [0.4, 0.5) is 0 Å². The van der Waals surface area contributed by atoms with Crippen molar-refractivity contribution in [1.82, 2.24) is 4.90 Å². The van der Waals surface area contributed by atoms with E-state index in [9.17, 15) is 10.4 Å². The standard InChI is InChI=1S/C18H28N2O2/c1-18(2,14-19)9-11-20-10-5-3-4-7-15(20)13-16(21)17-8-6-12-22-17/h6,8,12,15-16,21H,3-5,7,9-11,13H2,1-2H3. The first kappa shape index (κ1) is 17.1. The highest BCUT2D eigenvalue weighted by Crippen LogP contribution is 2.28. The molecule has 22 heavy (non-hydrogen) atoms. The van der Waals surface area contributed by atoms with Gasteiger partial charge in [0.2, 0.25) is 0 Å². The number of nitriles is 1. The first-order chi connectivity index (χ1) is 10.5. The van der Waals surface area contributed by atoms with Gasteiger partial charge < -0.3 is 14.4 Å². The largest absolute Gasteiger partial charge is 0.467 e. The van der Waals surface area contributed by atoms with Gasteiger partial charge in [0.05, 0.1) is 17.7 Å². The van der Waals surface area contributed by atoms with Gasteiger partial charge in [-0.2, -0.15) is 5.26 Å². The van der Waals surface area contributed by atoms with Crippen molar-refractivity contribution in [2.24, 2.45) is 5.41 Å². The molecule has 0 aliphatic carbocycles. The van der Waals surface area contributed by atoms with Crippen LogP contribution in [0.2, 0.25) is 0 Å². The minimum absolute atomic E-state index is 0.281. The van der Waals surface area contributed by atoms with Crippen LogP contribution in [0.15, 0.2) is 22.8 Å². The van der Waals surface area contributed by atoms with Crippen molar-refractivity contribution in [3.05, 3.63) is 24.2 Å². The second-order valence-electron chi connectivity index (χ2n) is 7.05. The van der Waals surface area contributed by atoms with Gasteiger partial charge in [0, 0.05) is 6.04 Å². The van der Waals surface area contributed by atoms with Gasteiger partial charge in [-0.3, -0.25) is 0 Å². The van der Waals surface area contributed by atoms with Crippen molar-refractivity contribution in [1.29, 1.82) is 5.26 Å². The summed E-state index contributed by atoms with van der Waals surface area (Å²) in [5, 5.41) is 19.6. The number of aliphatic hydroxyl groups excluding tert-OH is 1. The van der Waals surface area contributed by atoms with E-state index in [4.69, 9.17) is 4.42 Å². The predicted octanol–water partition coefficient (Wildman–Crippen LogP) is 3.89. The summed E-state index contributed by atoms with van der Waals surface area (Å²) in [4.78, 5) is 2.47. The fourth-order valence-electron chi connectivity index (χ4n) is 3.13. The molecule has 1 aliphatic rings. The summed E-state index contributed by atoms with van der Waals surface area (Å²) in [7, 11) is 0. The molecule has 2 unspecified atom stereocenters. The van der Waals surface area contributed by atoms with Gasteiger partial charge >= 0.3 is 0 Å². The molecule has 0 amide bonds. The first-order valence-electron chi connectivity index (χ1n) is 8.38. The fourth-order valence-corrected chi connectivity index (χ4v) is 3.13. The molecule has 2 atom stereocenters. The van der Waals surface area contributed by atoms with Crippen molar-refractivity contribution in [2.45, 2.75) is 64.5 Å². The van der Waals surface area contributed by atoms with Gasteiger partial charge in [0.15, 0.2) is 0 Å². The molecular formula is C18H28N2O2. The molecule has 2 rings (SSSR count). The van der Waals surface area contributed by atoms with E-state index >= 15 is 0 Å². The Balaban J connectivity index is 1.96. The Morgan fingerprint density at radius 2 is 2.27 bits per heavy atom. The Morgan fingerprint density at radius 3 is 2.95 bits per heavy atom. The zero-order valence-corrected chi connectivity index (χ0v) is 13.8. The number of aliphatic hydroxyl groups is 1. The normalized spacial score (nSPS) is 22.0. The molecule has 122 valence electrons.